The van der Waals surface area contributed by atoms with E-state index in [4.69, 9.17) is 0 Å². The summed E-state index contributed by atoms with van der Waals surface area (Å²) in [4.78, 5) is 10.3. The first-order valence-corrected chi connectivity index (χ1v) is 8.36. The Labute approximate surface area is 123 Å². The van der Waals surface area contributed by atoms with E-state index in [0.29, 0.717) is 5.92 Å². The predicted octanol–water partition coefficient (Wildman–Crippen LogP) is 2.10. The molecule has 21 heavy (non-hydrogen) atoms. The molecule has 2 rings (SSSR count). The van der Waals surface area contributed by atoms with Crippen LogP contribution in [0, 0.1) is 16.0 Å². The fraction of sp³-hybridized carbons (Fsp3) is 0.538. The Hall–Kier alpha value is -1.67. The van der Waals surface area contributed by atoms with Gasteiger partial charge in [-0.1, -0.05) is 13.3 Å². The van der Waals surface area contributed by atoms with E-state index in [2.05, 4.69) is 17.0 Å². The molecule has 0 heterocycles. The van der Waals surface area contributed by atoms with Gasteiger partial charge in [-0.15, -0.1) is 0 Å². The van der Waals surface area contributed by atoms with Crippen LogP contribution in [0.3, 0.4) is 0 Å². The lowest BCUT2D eigenvalue weighted by atomic mass is 10.2. The van der Waals surface area contributed by atoms with Gasteiger partial charge in [-0.3, -0.25) is 10.1 Å². The van der Waals surface area contributed by atoms with Crippen molar-refractivity contribution >= 4 is 21.4 Å². The minimum Gasteiger partial charge on any atom is -0.383 e. The fourth-order valence-electron chi connectivity index (χ4n) is 2.39. The molecule has 1 aromatic rings. The number of hydrogen-bond donors (Lipinski definition) is 2. The van der Waals surface area contributed by atoms with Crippen molar-refractivity contribution in [1.29, 1.82) is 0 Å². The zero-order valence-electron chi connectivity index (χ0n) is 12.0. The SMILES string of the molecule is CCCC1CC1NS(=O)(=O)c1ccc(NC)c([N+](=O)[O-])c1. The molecule has 0 aromatic heterocycles. The lowest BCUT2D eigenvalue weighted by Crippen LogP contribution is -2.27. The maximum absolute atomic E-state index is 12.3. The third-order valence-corrected chi connectivity index (χ3v) is 5.12. The quantitative estimate of drug-likeness (QED) is 0.593. The van der Waals surface area contributed by atoms with Gasteiger partial charge in [0.05, 0.1) is 9.82 Å². The largest absolute Gasteiger partial charge is 0.383 e. The smallest absolute Gasteiger partial charge is 0.293 e. The van der Waals surface area contributed by atoms with Crippen LogP contribution < -0.4 is 10.0 Å². The van der Waals surface area contributed by atoms with E-state index in [-0.39, 0.29) is 22.3 Å². The van der Waals surface area contributed by atoms with Crippen LogP contribution in [0.1, 0.15) is 26.2 Å². The normalized spacial score (nSPS) is 21.0. The van der Waals surface area contributed by atoms with Crippen LogP contribution in [0.4, 0.5) is 11.4 Å². The molecule has 0 radical (unpaired) electrons. The van der Waals surface area contributed by atoms with Crippen LogP contribution >= 0.6 is 0 Å². The molecule has 8 heteroatoms. The Bertz CT molecular complexity index is 645. The highest BCUT2D eigenvalue weighted by molar-refractivity contribution is 7.89. The van der Waals surface area contributed by atoms with Gasteiger partial charge in [0.1, 0.15) is 5.69 Å². The lowest BCUT2D eigenvalue weighted by molar-refractivity contribution is -0.384. The van der Waals surface area contributed by atoms with Crippen molar-refractivity contribution in [3.8, 4) is 0 Å². The summed E-state index contributed by atoms with van der Waals surface area (Å²) in [5.74, 6) is 0.386. The summed E-state index contributed by atoms with van der Waals surface area (Å²) in [6.07, 6.45) is 2.85. The molecule has 7 nitrogen and oxygen atoms in total. The zero-order valence-corrected chi connectivity index (χ0v) is 12.8. The van der Waals surface area contributed by atoms with Crippen molar-refractivity contribution in [2.45, 2.75) is 37.1 Å². The standard InChI is InChI=1S/C13H19N3O4S/c1-3-4-9-7-12(9)15-21(19,20)10-5-6-11(14-2)13(8-10)16(17)18/h5-6,8-9,12,14-15H,3-4,7H2,1-2H3. The molecule has 2 unspecified atom stereocenters. The molecule has 1 aliphatic rings. The van der Waals surface area contributed by atoms with Crippen molar-refractivity contribution in [2.24, 2.45) is 5.92 Å². The van der Waals surface area contributed by atoms with Gasteiger partial charge in [-0.05, 0) is 30.9 Å². The fourth-order valence-corrected chi connectivity index (χ4v) is 3.73. The molecule has 2 N–H and O–H groups in total. The van der Waals surface area contributed by atoms with Gasteiger partial charge in [0.25, 0.3) is 5.69 Å². The van der Waals surface area contributed by atoms with Gasteiger partial charge < -0.3 is 5.32 Å². The third kappa shape index (κ3) is 3.51. The highest BCUT2D eigenvalue weighted by Crippen LogP contribution is 2.36. The first-order valence-electron chi connectivity index (χ1n) is 6.87. The average Bonchev–Trinajstić information content (AvgIpc) is 3.15. The maximum Gasteiger partial charge on any atom is 0.293 e. The number of nitrogens with zero attached hydrogens (tertiary/aromatic N) is 1. The summed E-state index contributed by atoms with van der Waals surface area (Å²) < 4.78 is 27.1. The first kappa shape index (κ1) is 15.7. The van der Waals surface area contributed by atoms with Crippen molar-refractivity contribution in [3.05, 3.63) is 28.3 Å². The minimum atomic E-state index is -3.71. The lowest BCUT2D eigenvalue weighted by Gasteiger charge is -2.08. The van der Waals surface area contributed by atoms with Crippen molar-refractivity contribution < 1.29 is 13.3 Å². The van der Waals surface area contributed by atoms with Gasteiger partial charge in [0.2, 0.25) is 10.0 Å². The Morgan fingerprint density at radius 1 is 1.43 bits per heavy atom. The van der Waals surface area contributed by atoms with Crippen LogP contribution in [0.25, 0.3) is 0 Å². The highest BCUT2D eigenvalue weighted by atomic mass is 32.2. The zero-order chi connectivity index (χ0) is 15.6. The number of sulfonamides is 1. The van der Waals surface area contributed by atoms with E-state index in [1.807, 2.05) is 0 Å². The summed E-state index contributed by atoms with van der Waals surface area (Å²) in [5.41, 5.74) is 0.0375. The molecule has 0 spiro atoms. The van der Waals surface area contributed by atoms with Crippen LogP contribution in [0.2, 0.25) is 0 Å². The Morgan fingerprint density at radius 2 is 2.14 bits per heavy atom. The summed E-state index contributed by atoms with van der Waals surface area (Å²) in [5, 5.41) is 13.7. The molecule has 2 atom stereocenters. The molecule has 1 saturated carbocycles. The predicted molar refractivity (Wildman–Crippen MR) is 79.8 cm³/mol. The second kappa shape index (κ2) is 5.98. The van der Waals surface area contributed by atoms with Gasteiger partial charge in [0.15, 0.2) is 0 Å². The second-order valence-electron chi connectivity index (χ2n) is 5.20. The molecule has 0 amide bonds. The van der Waals surface area contributed by atoms with Crippen LogP contribution in [0.15, 0.2) is 23.1 Å². The average molecular weight is 313 g/mol. The number of nitro benzene ring substituents is 1. The van der Waals surface area contributed by atoms with E-state index in [9.17, 15) is 18.5 Å². The molecule has 116 valence electrons. The molecule has 0 saturated heterocycles. The van der Waals surface area contributed by atoms with Crippen LogP contribution in [-0.2, 0) is 10.0 Å². The monoisotopic (exact) mass is 313 g/mol. The molecule has 0 bridgehead atoms. The van der Waals surface area contributed by atoms with E-state index in [0.717, 1.165) is 25.3 Å². The number of anilines is 1. The molecular formula is C13H19N3O4S. The van der Waals surface area contributed by atoms with Gasteiger partial charge >= 0.3 is 0 Å². The maximum atomic E-state index is 12.3. The van der Waals surface area contributed by atoms with Crippen molar-refractivity contribution in [2.75, 3.05) is 12.4 Å². The third-order valence-electron chi connectivity index (χ3n) is 3.63. The number of rotatable bonds is 7. The van der Waals surface area contributed by atoms with Crippen molar-refractivity contribution in [3.63, 3.8) is 0 Å². The number of nitro groups is 1. The van der Waals surface area contributed by atoms with Gasteiger partial charge in [-0.2, -0.15) is 0 Å². The van der Waals surface area contributed by atoms with Crippen LogP contribution in [0.5, 0.6) is 0 Å². The number of benzene rings is 1. The number of nitrogens with one attached hydrogen (secondary N) is 2. The molecule has 1 aliphatic carbocycles. The van der Waals surface area contributed by atoms with E-state index < -0.39 is 14.9 Å². The topological polar surface area (TPSA) is 101 Å². The summed E-state index contributed by atoms with van der Waals surface area (Å²) >= 11 is 0. The van der Waals surface area contributed by atoms with Crippen LogP contribution in [-0.4, -0.2) is 26.4 Å². The summed E-state index contributed by atoms with van der Waals surface area (Å²) in [7, 11) is -2.16. The van der Waals surface area contributed by atoms with E-state index >= 15 is 0 Å². The molecule has 0 aliphatic heterocycles. The molecule has 1 fully saturated rings. The minimum absolute atomic E-state index is 0.0435. The Morgan fingerprint density at radius 3 is 2.71 bits per heavy atom. The number of hydrogen-bond acceptors (Lipinski definition) is 5. The van der Waals surface area contributed by atoms with Gasteiger partial charge in [-0.25, -0.2) is 13.1 Å². The van der Waals surface area contributed by atoms with Gasteiger partial charge in [0, 0.05) is 19.2 Å². The summed E-state index contributed by atoms with van der Waals surface area (Å²) in [6, 6.07) is 3.82. The summed E-state index contributed by atoms with van der Waals surface area (Å²) in [6.45, 7) is 2.06. The second-order valence-corrected chi connectivity index (χ2v) is 6.91. The first-order chi connectivity index (χ1) is 9.89. The molecule has 1 aromatic carbocycles. The van der Waals surface area contributed by atoms with E-state index in [1.54, 1.807) is 7.05 Å². The molecular weight excluding hydrogens is 294 g/mol. The van der Waals surface area contributed by atoms with Crippen molar-refractivity contribution in [1.82, 2.24) is 4.72 Å². The Kier molecular flexibility index (Phi) is 4.48. The van der Waals surface area contributed by atoms with E-state index in [1.165, 1.54) is 12.1 Å². The highest BCUT2D eigenvalue weighted by Gasteiger charge is 2.39. The Balaban J connectivity index is 2.21.